The number of benzene rings is 1. The van der Waals surface area contributed by atoms with Crippen molar-refractivity contribution < 1.29 is 27.5 Å². The van der Waals surface area contributed by atoms with Crippen LogP contribution in [0.2, 0.25) is 0 Å². The second-order valence-corrected chi connectivity index (χ2v) is 4.10. The molecule has 1 aromatic carbocycles. The van der Waals surface area contributed by atoms with Crippen LogP contribution in [0.25, 0.3) is 0 Å². The molecular weight excluding hydrogens is 266 g/mol. The van der Waals surface area contributed by atoms with Crippen molar-refractivity contribution in [3.05, 3.63) is 29.1 Å². The van der Waals surface area contributed by atoms with E-state index < -0.39 is 29.6 Å². The average Bonchev–Trinajstić information content (AvgIpc) is 2.27. The number of anilines is 1. The number of hydrogen-bond donors (Lipinski definition) is 2. The Morgan fingerprint density at radius 1 is 1.42 bits per heavy atom. The summed E-state index contributed by atoms with van der Waals surface area (Å²) >= 11 is 0. The number of aryl methyl sites for hydroxylation is 1. The second-order valence-electron chi connectivity index (χ2n) is 4.10. The molecule has 0 aliphatic heterocycles. The third-order valence-corrected chi connectivity index (χ3v) is 2.68. The van der Waals surface area contributed by atoms with Gasteiger partial charge in [-0.15, -0.1) is 0 Å². The molecule has 0 amide bonds. The Kier molecular flexibility index (Phi) is 4.39. The van der Waals surface area contributed by atoms with E-state index in [0.29, 0.717) is 0 Å². The lowest BCUT2D eigenvalue weighted by molar-refractivity contribution is -0.142. The van der Waals surface area contributed by atoms with E-state index in [1.807, 2.05) is 0 Å². The van der Waals surface area contributed by atoms with Crippen molar-refractivity contribution in [1.29, 1.82) is 0 Å². The van der Waals surface area contributed by atoms with Gasteiger partial charge in [0.15, 0.2) is 0 Å². The Bertz CT molecular complexity index is 485. The summed E-state index contributed by atoms with van der Waals surface area (Å²) in [5.74, 6) is -2.53. The average molecular weight is 279 g/mol. The van der Waals surface area contributed by atoms with Gasteiger partial charge in [0.25, 0.3) is 0 Å². The minimum absolute atomic E-state index is 0.0633. The summed E-state index contributed by atoms with van der Waals surface area (Å²) in [4.78, 5) is 10.7. The molecule has 0 bridgehead atoms. The Morgan fingerprint density at radius 2 is 2.00 bits per heavy atom. The zero-order valence-corrected chi connectivity index (χ0v) is 10.3. The number of rotatable bonds is 4. The van der Waals surface area contributed by atoms with Gasteiger partial charge in [0.05, 0.1) is 5.56 Å². The largest absolute Gasteiger partial charge is 0.478 e. The molecular formula is C12H13F4NO2. The Hall–Kier alpha value is -1.79. The van der Waals surface area contributed by atoms with Crippen molar-refractivity contribution in [3.8, 4) is 0 Å². The third-order valence-electron chi connectivity index (χ3n) is 2.68. The van der Waals surface area contributed by atoms with E-state index in [9.17, 15) is 22.4 Å². The summed E-state index contributed by atoms with van der Waals surface area (Å²) in [6, 6.07) is -0.0303. The van der Waals surface area contributed by atoms with Crippen LogP contribution >= 0.6 is 0 Å². The van der Waals surface area contributed by atoms with Gasteiger partial charge < -0.3 is 10.4 Å². The minimum Gasteiger partial charge on any atom is -0.478 e. The van der Waals surface area contributed by atoms with Gasteiger partial charge in [0, 0.05) is 5.69 Å². The van der Waals surface area contributed by atoms with Crippen LogP contribution < -0.4 is 5.32 Å². The van der Waals surface area contributed by atoms with Crippen molar-refractivity contribution in [2.45, 2.75) is 32.5 Å². The zero-order chi connectivity index (χ0) is 14.8. The Balaban J connectivity index is 3.09. The van der Waals surface area contributed by atoms with Crippen LogP contribution in [0.4, 0.5) is 23.2 Å². The molecule has 0 radical (unpaired) electrons. The van der Waals surface area contributed by atoms with E-state index in [1.54, 1.807) is 0 Å². The topological polar surface area (TPSA) is 49.3 Å². The van der Waals surface area contributed by atoms with E-state index in [2.05, 4.69) is 5.32 Å². The fourth-order valence-electron chi connectivity index (χ4n) is 1.60. The van der Waals surface area contributed by atoms with Crippen molar-refractivity contribution in [3.63, 3.8) is 0 Å². The van der Waals surface area contributed by atoms with Gasteiger partial charge in [-0.05, 0) is 31.0 Å². The van der Waals surface area contributed by atoms with Gasteiger partial charge in [0.1, 0.15) is 11.9 Å². The van der Waals surface area contributed by atoms with Crippen molar-refractivity contribution in [2.24, 2.45) is 0 Å². The summed E-state index contributed by atoms with van der Waals surface area (Å²) in [6.45, 7) is 2.76. The maximum Gasteiger partial charge on any atom is 0.408 e. The first-order valence-electron chi connectivity index (χ1n) is 5.53. The Morgan fingerprint density at radius 3 is 2.42 bits per heavy atom. The van der Waals surface area contributed by atoms with Crippen LogP contribution in [0.3, 0.4) is 0 Å². The molecule has 0 heterocycles. The lowest BCUT2D eigenvalue weighted by Crippen LogP contribution is -2.35. The maximum absolute atomic E-state index is 13.4. The number of carboxylic acid groups (broad SMARTS) is 1. The molecule has 0 fully saturated rings. The van der Waals surface area contributed by atoms with Crippen molar-refractivity contribution >= 4 is 11.7 Å². The van der Waals surface area contributed by atoms with Crippen LogP contribution in [0, 0.1) is 12.7 Å². The van der Waals surface area contributed by atoms with Crippen LogP contribution in [-0.4, -0.2) is 23.3 Å². The van der Waals surface area contributed by atoms with Gasteiger partial charge in [0.2, 0.25) is 0 Å². The number of hydrogen-bond acceptors (Lipinski definition) is 2. The quantitative estimate of drug-likeness (QED) is 0.828. The molecule has 1 rings (SSSR count). The summed E-state index contributed by atoms with van der Waals surface area (Å²) in [5.41, 5.74) is -0.392. The van der Waals surface area contributed by atoms with E-state index in [0.717, 1.165) is 12.1 Å². The van der Waals surface area contributed by atoms with Crippen LogP contribution in [0.1, 0.15) is 29.3 Å². The standard InChI is InChI=1S/C12H13F4NO2/c1-3-10(12(14,15)16)17-9-5-8(13)7(11(18)19)4-6(9)2/h4-5,10,17H,3H2,1-2H3,(H,18,19). The minimum atomic E-state index is -4.46. The fourth-order valence-corrected chi connectivity index (χ4v) is 1.60. The molecule has 106 valence electrons. The smallest absolute Gasteiger partial charge is 0.408 e. The summed E-state index contributed by atoms with van der Waals surface area (Å²) in [5, 5.41) is 10.9. The second kappa shape index (κ2) is 5.46. The van der Waals surface area contributed by atoms with Gasteiger partial charge in [-0.3, -0.25) is 0 Å². The number of nitrogens with one attached hydrogen (secondary N) is 1. The number of alkyl halides is 3. The lowest BCUT2D eigenvalue weighted by Gasteiger charge is -2.22. The van der Waals surface area contributed by atoms with E-state index in [1.165, 1.54) is 13.8 Å². The van der Waals surface area contributed by atoms with Crippen LogP contribution in [-0.2, 0) is 0 Å². The summed E-state index contributed by atoms with van der Waals surface area (Å²) < 4.78 is 51.2. The predicted octanol–water partition coefficient (Wildman–Crippen LogP) is 3.59. The highest BCUT2D eigenvalue weighted by molar-refractivity contribution is 5.89. The molecule has 2 N–H and O–H groups in total. The molecule has 0 aromatic heterocycles. The lowest BCUT2D eigenvalue weighted by atomic mass is 10.1. The molecule has 0 saturated carbocycles. The van der Waals surface area contributed by atoms with Crippen LogP contribution in [0.15, 0.2) is 12.1 Å². The molecule has 0 saturated heterocycles. The predicted molar refractivity (Wildman–Crippen MR) is 61.9 cm³/mol. The van der Waals surface area contributed by atoms with E-state index in [-0.39, 0.29) is 17.7 Å². The number of carbonyl (C=O) groups is 1. The first-order chi connectivity index (χ1) is 8.66. The van der Waals surface area contributed by atoms with Crippen LogP contribution in [0.5, 0.6) is 0 Å². The first-order valence-corrected chi connectivity index (χ1v) is 5.53. The van der Waals surface area contributed by atoms with Gasteiger partial charge in [-0.25, -0.2) is 9.18 Å². The molecule has 7 heteroatoms. The monoisotopic (exact) mass is 279 g/mol. The SMILES string of the molecule is CCC(Nc1cc(F)c(C(=O)O)cc1C)C(F)(F)F. The fraction of sp³-hybridized carbons (Fsp3) is 0.417. The Labute approximate surface area is 107 Å². The summed E-state index contributed by atoms with van der Waals surface area (Å²) in [7, 11) is 0. The van der Waals surface area contributed by atoms with E-state index >= 15 is 0 Å². The molecule has 3 nitrogen and oxygen atoms in total. The number of halogens is 4. The van der Waals surface area contributed by atoms with E-state index in [4.69, 9.17) is 5.11 Å². The van der Waals surface area contributed by atoms with Gasteiger partial charge in [-0.2, -0.15) is 13.2 Å². The molecule has 1 aromatic rings. The van der Waals surface area contributed by atoms with Gasteiger partial charge >= 0.3 is 12.1 Å². The summed E-state index contributed by atoms with van der Waals surface area (Å²) in [6.07, 6.45) is -4.67. The molecule has 1 unspecified atom stereocenters. The molecule has 0 aliphatic rings. The highest BCUT2D eigenvalue weighted by Gasteiger charge is 2.38. The highest BCUT2D eigenvalue weighted by atomic mass is 19.4. The molecule has 0 spiro atoms. The first kappa shape index (κ1) is 15.3. The van der Waals surface area contributed by atoms with Gasteiger partial charge in [-0.1, -0.05) is 6.92 Å². The molecule has 0 aliphatic carbocycles. The highest BCUT2D eigenvalue weighted by Crippen LogP contribution is 2.28. The van der Waals surface area contributed by atoms with Crippen molar-refractivity contribution in [1.82, 2.24) is 0 Å². The maximum atomic E-state index is 13.4. The third kappa shape index (κ3) is 3.59. The van der Waals surface area contributed by atoms with Crippen molar-refractivity contribution in [2.75, 3.05) is 5.32 Å². The number of aromatic carboxylic acids is 1. The normalized spacial score (nSPS) is 13.2. The molecule has 19 heavy (non-hydrogen) atoms. The molecule has 1 atom stereocenters. The zero-order valence-electron chi connectivity index (χ0n) is 10.3. The number of carboxylic acids is 1.